The second-order valence-electron chi connectivity index (χ2n) is 14.5. The van der Waals surface area contributed by atoms with Gasteiger partial charge in [0, 0.05) is 49.3 Å². The summed E-state index contributed by atoms with van der Waals surface area (Å²) < 4.78 is 51.1. The lowest BCUT2D eigenvalue weighted by Gasteiger charge is -2.46. The molecule has 1 fully saturated rings. The summed E-state index contributed by atoms with van der Waals surface area (Å²) in [4.78, 5) is 31.1. The summed E-state index contributed by atoms with van der Waals surface area (Å²) in [6, 6.07) is 26.0. The van der Waals surface area contributed by atoms with Gasteiger partial charge in [0.15, 0.2) is 5.76 Å². The van der Waals surface area contributed by atoms with Crippen LogP contribution < -0.4 is 15.4 Å². The molecule has 4 N–H and O–H groups in total. The van der Waals surface area contributed by atoms with Crippen LogP contribution in [0.4, 0.5) is 13.2 Å². The van der Waals surface area contributed by atoms with Gasteiger partial charge in [0.05, 0.1) is 17.7 Å². The van der Waals surface area contributed by atoms with Gasteiger partial charge < -0.3 is 30.1 Å². The second-order valence-corrected chi connectivity index (χ2v) is 14.5. The summed E-state index contributed by atoms with van der Waals surface area (Å²) in [6.45, 7) is 2.92. The predicted molar refractivity (Wildman–Crippen MR) is 194 cm³/mol. The van der Waals surface area contributed by atoms with Gasteiger partial charge in [-0.1, -0.05) is 84.0 Å². The Morgan fingerprint density at radius 3 is 2.39 bits per heavy atom. The smallest absolute Gasteiger partial charge is 0.405 e. The lowest BCUT2D eigenvalue weighted by Crippen LogP contribution is -2.63. The van der Waals surface area contributed by atoms with Crippen LogP contribution in [0.15, 0.2) is 95.5 Å². The monoisotopic (exact) mass is 749 g/mol. The molecule has 4 aromatic rings. The Labute approximate surface area is 312 Å². The fourth-order valence-corrected chi connectivity index (χ4v) is 7.21. The number of aliphatic hydroxyl groups is 2. The molecule has 14 heteroatoms. The summed E-state index contributed by atoms with van der Waals surface area (Å²) >= 11 is 0. The number of halogens is 3. The molecule has 0 saturated carbocycles. The molecule has 1 saturated heterocycles. The SMILES string of the molecule is CC(C)(c1cc(-c2ccccc2)no1)N1CCN(CC(O)C[C@@H](Cc2ccccc2)C(=O)N[C@H]2c3ccccc3OC[C@H]2O)[C@H](C(=O)NCC(F)(F)F)C1. The Kier molecular flexibility index (Phi) is 12.1. The van der Waals surface area contributed by atoms with Crippen LogP contribution in [0.25, 0.3) is 11.3 Å². The van der Waals surface area contributed by atoms with E-state index < -0.39 is 54.4 Å². The first-order valence-corrected chi connectivity index (χ1v) is 18.1. The van der Waals surface area contributed by atoms with E-state index in [1.807, 2.05) is 90.8 Å². The maximum atomic E-state index is 14.0. The van der Waals surface area contributed by atoms with E-state index in [-0.39, 0.29) is 45.0 Å². The fourth-order valence-electron chi connectivity index (χ4n) is 7.21. The average molecular weight is 750 g/mol. The zero-order chi connectivity index (χ0) is 38.5. The van der Waals surface area contributed by atoms with Gasteiger partial charge in [-0.3, -0.25) is 19.4 Å². The third-order valence-electron chi connectivity index (χ3n) is 10.3. The molecule has 3 aromatic carbocycles. The topological polar surface area (TPSA) is 140 Å². The number of carbonyl (C=O) groups is 2. The van der Waals surface area contributed by atoms with Crippen LogP contribution in [-0.2, 0) is 21.5 Å². The van der Waals surface area contributed by atoms with Crippen molar-refractivity contribution in [2.75, 3.05) is 39.3 Å². The van der Waals surface area contributed by atoms with Crippen molar-refractivity contribution >= 4 is 11.8 Å². The number of para-hydroxylation sites is 1. The van der Waals surface area contributed by atoms with Crippen molar-refractivity contribution in [2.24, 2.45) is 5.92 Å². The summed E-state index contributed by atoms with van der Waals surface area (Å²) in [5.74, 6) is -0.867. The van der Waals surface area contributed by atoms with Crippen LogP contribution >= 0.6 is 0 Å². The van der Waals surface area contributed by atoms with E-state index in [2.05, 4.69) is 10.5 Å². The van der Waals surface area contributed by atoms with E-state index in [0.717, 1.165) is 11.1 Å². The zero-order valence-electron chi connectivity index (χ0n) is 30.2. The summed E-state index contributed by atoms with van der Waals surface area (Å²) in [6.07, 6.45) is -6.46. The van der Waals surface area contributed by atoms with Gasteiger partial charge in [-0.15, -0.1) is 0 Å². The van der Waals surface area contributed by atoms with E-state index >= 15 is 0 Å². The number of nitrogens with one attached hydrogen (secondary N) is 2. The van der Waals surface area contributed by atoms with Crippen LogP contribution in [0, 0.1) is 5.92 Å². The largest absolute Gasteiger partial charge is 0.490 e. The highest BCUT2D eigenvalue weighted by atomic mass is 19.4. The minimum atomic E-state index is -4.61. The van der Waals surface area contributed by atoms with Gasteiger partial charge in [0.25, 0.3) is 0 Å². The molecule has 2 aliphatic heterocycles. The molecule has 2 aliphatic rings. The maximum absolute atomic E-state index is 14.0. The van der Waals surface area contributed by atoms with Crippen molar-refractivity contribution in [1.29, 1.82) is 0 Å². The molecule has 3 heterocycles. The normalized spacial score (nSPS) is 20.7. The van der Waals surface area contributed by atoms with Gasteiger partial charge in [-0.25, -0.2) is 0 Å². The number of carbonyl (C=O) groups excluding carboxylic acids is 2. The molecule has 11 nitrogen and oxygen atoms in total. The predicted octanol–water partition coefficient (Wildman–Crippen LogP) is 4.46. The number of nitrogens with zero attached hydrogens (tertiary/aromatic N) is 3. The zero-order valence-corrected chi connectivity index (χ0v) is 30.2. The van der Waals surface area contributed by atoms with Gasteiger partial charge in [-0.05, 0) is 38.3 Å². The molecular formula is C40H46F3N5O6. The standard InChI is InChI=1S/C40H46F3N5O6/c1-39(2,35-21-31(46-54-35)27-13-7-4-8-14-27)48-18-17-47(32(23-48)38(52)44-25-40(41,42)43)22-29(49)20-28(19-26-11-5-3-6-12-26)37(51)45-36-30-15-9-10-16-34(30)53-24-33(36)50/h3-16,21,28-29,32-33,36,49-50H,17-20,22-25H2,1-2H3,(H,44,52)(H,45,51)/t28-,29?,32+,33-,36+/m1/s1. The number of rotatable bonds is 13. The molecule has 1 aromatic heterocycles. The maximum Gasteiger partial charge on any atom is 0.405 e. The molecule has 6 rings (SSSR count). The highest BCUT2D eigenvalue weighted by Crippen LogP contribution is 2.34. The van der Waals surface area contributed by atoms with Crippen LogP contribution in [0.1, 0.15) is 43.2 Å². The van der Waals surface area contributed by atoms with E-state index in [1.165, 1.54) is 0 Å². The molecule has 2 amide bonds. The van der Waals surface area contributed by atoms with E-state index in [9.17, 15) is 33.0 Å². The number of aliphatic hydroxyl groups excluding tert-OH is 2. The van der Waals surface area contributed by atoms with Crippen LogP contribution in [0.2, 0.25) is 0 Å². The van der Waals surface area contributed by atoms with Gasteiger partial charge in [-0.2, -0.15) is 13.2 Å². The van der Waals surface area contributed by atoms with Crippen molar-refractivity contribution in [3.8, 4) is 17.0 Å². The first-order valence-electron chi connectivity index (χ1n) is 18.1. The minimum Gasteiger partial charge on any atom is -0.490 e. The molecule has 54 heavy (non-hydrogen) atoms. The van der Waals surface area contributed by atoms with Crippen molar-refractivity contribution in [3.63, 3.8) is 0 Å². The van der Waals surface area contributed by atoms with Gasteiger partial charge in [0.2, 0.25) is 11.8 Å². The molecule has 0 spiro atoms. The lowest BCUT2D eigenvalue weighted by atomic mass is 9.90. The Morgan fingerprint density at radius 1 is 0.981 bits per heavy atom. The van der Waals surface area contributed by atoms with Crippen LogP contribution in [0.5, 0.6) is 5.75 Å². The molecule has 0 aliphatic carbocycles. The van der Waals surface area contributed by atoms with E-state index in [4.69, 9.17) is 9.26 Å². The number of piperazine rings is 1. The quantitative estimate of drug-likeness (QED) is 0.156. The Hall–Kier alpha value is -4.76. The molecule has 0 bridgehead atoms. The summed E-state index contributed by atoms with van der Waals surface area (Å²) in [5.41, 5.74) is 2.20. The summed E-state index contributed by atoms with van der Waals surface area (Å²) in [7, 11) is 0. The number of hydrogen-bond donors (Lipinski definition) is 4. The Balaban J connectivity index is 1.18. The van der Waals surface area contributed by atoms with Crippen LogP contribution in [-0.4, -0.2) is 101 Å². The fraction of sp³-hybridized carbons (Fsp3) is 0.425. The van der Waals surface area contributed by atoms with Crippen molar-refractivity contribution < 1.29 is 42.2 Å². The number of amides is 2. The number of benzene rings is 3. The van der Waals surface area contributed by atoms with Crippen molar-refractivity contribution in [3.05, 3.63) is 108 Å². The third-order valence-corrected chi connectivity index (χ3v) is 10.3. The average Bonchev–Trinajstić information content (AvgIpc) is 3.67. The Bertz CT molecular complexity index is 1860. The van der Waals surface area contributed by atoms with Crippen LogP contribution in [0.3, 0.4) is 0 Å². The third kappa shape index (κ3) is 9.48. The van der Waals surface area contributed by atoms with E-state index in [1.54, 1.807) is 29.2 Å². The number of hydrogen-bond acceptors (Lipinski definition) is 9. The first kappa shape index (κ1) is 38.9. The van der Waals surface area contributed by atoms with Gasteiger partial charge in [0.1, 0.15) is 36.7 Å². The van der Waals surface area contributed by atoms with E-state index in [0.29, 0.717) is 29.3 Å². The highest BCUT2D eigenvalue weighted by molar-refractivity contribution is 5.82. The molecule has 0 radical (unpaired) electrons. The number of alkyl halides is 3. The highest BCUT2D eigenvalue weighted by Gasteiger charge is 2.42. The lowest BCUT2D eigenvalue weighted by molar-refractivity contribution is -0.144. The minimum absolute atomic E-state index is 0.000859. The Morgan fingerprint density at radius 2 is 1.67 bits per heavy atom. The van der Waals surface area contributed by atoms with Gasteiger partial charge >= 0.3 is 6.18 Å². The number of ether oxygens (including phenoxy) is 1. The second kappa shape index (κ2) is 16.7. The number of fused-ring (bicyclic) bond motifs is 1. The molecule has 288 valence electrons. The molecular weight excluding hydrogens is 703 g/mol. The number of aromatic nitrogens is 1. The van der Waals surface area contributed by atoms with Crippen molar-refractivity contribution in [2.45, 2.75) is 62.7 Å². The summed E-state index contributed by atoms with van der Waals surface area (Å²) in [5, 5.41) is 31.6. The first-order chi connectivity index (χ1) is 25.8. The van der Waals surface area contributed by atoms with Crippen molar-refractivity contribution in [1.82, 2.24) is 25.6 Å². The molecule has 1 unspecified atom stereocenters. The number of β-amino-alcohol motifs (C(OH)–C–C–N with tert-alkyl or cyclic N) is 1. The molecule has 5 atom stereocenters.